The first-order chi connectivity index (χ1) is 9.19. The maximum absolute atomic E-state index is 5.89. The summed E-state index contributed by atoms with van der Waals surface area (Å²) in [6.45, 7) is 11.0. The van der Waals surface area contributed by atoms with E-state index in [0.29, 0.717) is 11.9 Å². The minimum atomic E-state index is 0.543. The fourth-order valence-electron chi connectivity index (χ4n) is 2.88. The van der Waals surface area contributed by atoms with Crippen LogP contribution < -0.4 is 4.90 Å². The van der Waals surface area contributed by atoms with Crippen LogP contribution >= 0.6 is 11.6 Å². The Morgan fingerprint density at radius 1 is 1.37 bits per heavy atom. The van der Waals surface area contributed by atoms with Gasteiger partial charge in [-0.25, -0.2) is 4.98 Å². The molecule has 0 N–H and O–H groups in total. The van der Waals surface area contributed by atoms with Gasteiger partial charge in [-0.05, 0) is 38.1 Å². The number of anilines is 1. The first-order valence-corrected chi connectivity index (χ1v) is 7.74. The van der Waals surface area contributed by atoms with Crippen LogP contribution in [0.2, 0.25) is 0 Å². The van der Waals surface area contributed by atoms with Crippen LogP contribution in [0.4, 0.5) is 5.82 Å². The van der Waals surface area contributed by atoms with E-state index >= 15 is 0 Å². The van der Waals surface area contributed by atoms with Crippen molar-refractivity contribution in [2.24, 2.45) is 0 Å². The first-order valence-electron chi connectivity index (χ1n) is 7.21. The lowest BCUT2D eigenvalue weighted by Gasteiger charge is -2.26. The molecule has 0 radical (unpaired) electrons. The third-order valence-electron chi connectivity index (χ3n) is 4.14. The van der Waals surface area contributed by atoms with Gasteiger partial charge in [-0.1, -0.05) is 19.9 Å². The van der Waals surface area contributed by atoms with E-state index in [4.69, 9.17) is 16.6 Å². The second kappa shape index (κ2) is 6.58. The molecule has 0 amide bonds. The van der Waals surface area contributed by atoms with E-state index in [2.05, 4.69) is 35.8 Å². The number of pyridine rings is 1. The number of alkyl halides is 1. The van der Waals surface area contributed by atoms with Crippen LogP contribution in [0.15, 0.2) is 12.1 Å². The molecule has 2 rings (SSSR count). The van der Waals surface area contributed by atoms with Gasteiger partial charge in [0.25, 0.3) is 0 Å². The Balaban J connectivity index is 2.06. The molecule has 106 valence electrons. The Labute approximate surface area is 121 Å². The number of hydrogen-bond donors (Lipinski definition) is 0. The Bertz CT molecular complexity index is 418. The number of aryl methyl sites for hydroxylation is 1. The van der Waals surface area contributed by atoms with Gasteiger partial charge >= 0.3 is 0 Å². The molecule has 1 fully saturated rings. The van der Waals surface area contributed by atoms with Crippen LogP contribution in [0.1, 0.15) is 31.5 Å². The third-order valence-corrected chi connectivity index (χ3v) is 4.43. The molecule has 0 saturated carbocycles. The molecule has 1 atom stereocenters. The van der Waals surface area contributed by atoms with Crippen molar-refractivity contribution in [3.63, 3.8) is 0 Å². The lowest BCUT2D eigenvalue weighted by Crippen LogP contribution is -2.37. The van der Waals surface area contributed by atoms with Crippen LogP contribution in [0.25, 0.3) is 0 Å². The van der Waals surface area contributed by atoms with Crippen LogP contribution in [-0.2, 0) is 5.88 Å². The molecule has 1 aliphatic rings. The van der Waals surface area contributed by atoms with Gasteiger partial charge in [0.1, 0.15) is 5.82 Å². The van der Waals surface area contributed by atoms with Gasteiger partial charge in [-0.2, -0.15) is 0 Å². The zero-order valence-electron chi connectivity index (χ0n) is 12.2. The number of likely N-dealkylation sites (N-methyl/N-ethyl adjacent to an activating group) is 1. The van der Waals surface area contributed by atoms with E-state index in [1.165, 1.54) is 6.42 Å². The minimum absolute atomic E-state index is 0.543. The highest BCUT2D eigenvalue weighted by atomic mass is 35.5. The van der Waals surface area contributed by atoms with E-state index in [1.807, 2.05) is 6.92 Å². The zero-order valence-corrected chi connectivity index (χ0v) is 13.0. The molecule has 1 unspecified atom stereocenters. The summed E-state index contributed by atoms with van der Waals surface area (Å²) in [5.74, 6) is 1.64. The summed E-state index contributed by atoms with van der Waals surface area (Å²) >= 11 is 5.89. The fraction of sp³-hybridized carbons (Fsp3) is 0.667. The zero-order chi connectivity index (χ0) is 13.8. The fourth-order valence-corrected chi connectivity index (χ4v) is 3.16. The van der Waals surface area contributed by atoms with Gasteiger partial charge < -0.3 is 4.90 Å². The number of rotatable bonds is 5. The summed E-state index contributed by atoms with van der Waals surface area (Å²) in [6.07, 6.45) is 1.24. The topological polar surface area (TPSA) is 19.4 Å². The molecule has 0 aromatic carbocycles. The summed E-state index contributed by atoms with van der Waals surface area (Å²) in [5.41, 5.74) is 2.18. The highest BCUT2D eigenvalue weighted by molar-refractivity contribution is 6.17. The monoisotopic (exact) mass is 281 g/mol. The van der Waals surface area contributed by atoms with Gasteiger partial charge in [0.05, 0.1) is 0 Å². The smallest absolute Gasteiger partial charge is 0.128 e. The molecule has 1 aromatic heterocycles. The van der Waals surface area contributed by atoms with Crippen molar-refractivity contribution in [2.45, 2.75) is 39.1 Å². The Morgan fingerprint density at radius 2 is 2.11 bits per heavy atom. The molecule has 0 aliphatic carbocycles. The molecule has 1 aromatic rings. The van der Waals surface area contributed by atoms with Crippen LogP contribution in [-0.4, -0.2) is 42.1 Å². The number of hydrogen-bond acceptors (Lipinski definition) is 3. The van der Waals surface area contributed by atoms with Crippen LogP contribution in [0, 0.1) is 6.92 Å². The molecule has 19 heavy (non-hydrogen) atoms. The van der Waals surface area contributed by atoms with Gasteiger partial charge in [-0.15, -0.1) is 11.6 Å². The van der Waals surface area contributed by atoms with E-state index < -0.39 is 0 Å². The Kier molecular flexibility index (Phi) is 5.06. The van der Waals surface area contributed by atoms with Crippen molar-refractivity contribution < 1.29 is 0 Å². The van der Waals surface area contributed by atoms with E-state index in [1.54, 1.807) is 0 Å². The molecule has 2 heterocycles. The van der Waals surface area contributed by atoms with Crippen molar-refractivity contribution >= 4 is 17.4 Å². The molecular formula is C15H24ClN3. The normalized spacial score (nSPS) is 19.4. The predicted molar refractivity (Wildman–Crippen MR) is 82.1 cm³/mol. The maximum atomic E-state index is 5.89. The summed E-state index contributed by atoms with van der Waals surface area (Å²) < 4.78 is 0. The second-order valence-electron chi connectivity index (χ2n) is 5.16. The SMILES string of the molecule is CCN(CC)C1CCN(c2ccc(CCl)c(C)n2)C1. The average molecular weight is 282 g/mol. The van der Waals surface area contributed by atoms with E-state index in [0.717, 1.165) is 43.3 Å². The van der Waals surface area contributed by atoms with Crippen molar-refractivity contribution in [3.8, 4) is 0 Å². The number of nitrogens with zero attached hydrogens (tertiary/aromatic N) is 3. The summed E-state index contributed by atoms with van der Waals surface area (Å²) in [6, 6.07) is 4.88. The quantitative estimate of drug-likeness (QED) is 0.774. The predicted octanol–water partition coefficient (Wildman–Crippen LogP) is 3.05. The molecule has 0 bridgehead atoms. The first kappa shape index (κ1) is 14.6. The standard InChI is InChI=1S/C15H24ClN3/c1-4-18(5-2)14-8-9-19(11-14)15-7-6-13(10-16)12(3)17-15/h6-7,14H,4-5,8-11H2,1-3H3. The molecule has 3 nitrogen and oxygen atoms in total. The molecule has 1 saturated heterocycles. The van der Waals surface area contributed by atoms with Gasteiger partial charge in [0.15, 0.2) is 0 Å². The van der Waals surface area contributed by atoms with Gasteiger partial charge in [0, 0.05) is 30.7 Å². The number of aromatic nitrogens is 1. The third kappa shape index (κ3) is 3.21. The lowest BCUT2D eigenvalue weighted by molar-refractivity contribution is 0.232. The Hall–Kier alpha value is -0.800. The molecule has 4 heteroatoms. The van der Waals surface area contributed by atoms with E-state index in [9.17, 15) is 0 Å². The van der Waals surface area contributed by atoms with Crippen LogP contribution in [0.3, 0.4) is 0 Å². The second-order valence-corrected chi connectivity index (χ2v) is 5.42. The molecule has 1 aliphatic heterocycles. The molecule has 0 spiro atoms. The van der Waals surface area contributed by atoms with Crippen molar-refractivity contribution in [1.82, 2.24) is 9.88 Å². The largest absolute Gasteiger partial charge is 0.355 e. The molecular weight excluding hydrogens is 258 g/mol. The van der Waals surface area contributed by atoms with Crippen LogP contribution in [0.5, 0.6) is 0 Å². The van der Waals surface area contributed by atoms with Gasteiger partial charge in [0.2, 0.25) is 0 Å². The maximum Gasteiger partial charge on any atom is 0.128 e. The highest BCUT2D eigenvalue weighted by Crippen LogP contribution is 2.23. The highest BCUT2D eigenvalue weighted by Gasteiger charge is 2.26. The van der Waals surface area contributed by atoms with Crippen molar-refractivity contribution in [2.75, 3.05) is 31.1 Å². The minimum Gasteiger partial charge on any atom is -0.355 e. The van der Waals surface area contributed by atoms with Gasteiger partial charge in [-0.3, -0.25) is 4.90 Å². The summed E-state index contributed by atoms with van der Waals surface area (Å²) in [4.78, 5) is 9.63. The lowest BCUT2D eigenvalue weighted by atomic mass is 10.2. The van der Waals surface area contributed by atoms with Crippen molar-refractivity contribution in [1.29, 1.82) is 0 Å². The van der Waals surface area contributed by atoms with E-state index in [-0.39, 0.29) is 0 Å². The average Bonchev–Trinajstić information content (AvgIpc) is 2.90. The number of halogens is 1. The summed E-state index contributed by atoms with van der Waals surface area (Å²) in [5, 5.41) is 0. The summed E-state index contributed by atoms with van der Waals surface area (Å²) in [7, 11) is 0. The van der Waals surface area contributed by atoms with Crippen molar-refractivity contribution in [3.05, 3.63) is 23.4 Å². The Morgan fingerprint density at radius 3 is 2.68 bits per heavy atom.